The molecule has 1 aliphatic heterocycles. The van der Waals surface area contributed by atoms with Crippen molar-refractivity contribution >= 4 is 5.97 Å². The predicted octanol–water partition coefficient (Wildman–Crippen LogP) is 3.92. The van der Waals surface area contributed by atoms with E-state index in [0.717, 1.165) is 31.8 Å². The van der Waals surface area contributed by atoms with E-state index >= 15 is 0 Å². The minimum Gasteiger partial charge on any atom is -0.481 e. The highest BCUT2D eigenvalue weighted by Crippen LogP contribution is 2.25. The summed E-state index contributed by atoms with van der Waals surface area (Å²) in [5.74, 6) is -0.672. The van der Waals surface area contributed by atoms with Gasteiger partial charge < -0.3 is 10.0 Å². The largest absolute Gasteiger partial charge is 0.481 e. The topological polar surface area (TPSA) is 40.5 Å². The van der Waals surface area contributed by atoms with E-state index in [0.29, 0.717) is 0 Å². The van der Waals surface area contributed by atoms with E-state index < -0.39 is 11.4 Å². The molecule has 1 saturated heterocycles. The fourth-order valence-corrected chi connectivity index (χ4v) is 3.00. The number of hydrogen-bond acceptors (Lipinski definition) is 2. The Kier molecular flexibility index (Phi) is 6.84. The van der Waals surface area contributed by atoms with Crippen molar-refractivity contribution in [2.75, 3.05) is 13.1 Å². The molecule has 0 aromatic rings. The highest BCUT2D eigenvalue weighted by Gasteiger charge is 2.26. The summed E-state index contributed by atoms with van der Waals surface area (Å²) >= 11 is 0. The lowest BCUT2D eigenvalue weighted by Gasteiger charge is -2.36. The number of hydrogen-bond donors (Lipinski definition) is 1. The van der Waals surface area contributed by atoms with E-state index in [2.05, 4.69) is 11.8 Å². The first-order valence-corrected chi connectivity index (χ1v) is 7.95. The third-order valence-corrected chi connectivity index (χ3v) is 4.45. The molecule has 1 N–H and O–H groups in total. The van der Waals surface area contributed by atoms with E-state index in [9.17, 15) is 4.79 Å². The molecule has 19 heavy (non-hydrogen) atoms. The second-order valence-corrected chi connectivity index (χ2v) is 6.62. The van der Waals surface area contributed by atoms with Gasteiger partial charge in [0.1, 0.15) is 0 Å². The maximum atomic E-state index is 11.0. The summed E-state index contributed by atoms with van der Waals surface area (Å²) in [7, 11) is 0. The first-order chi connectivity index (χ1) is 8.97. The summed E-state index contributed by atoms with van der Waals surface area (Å²) in [6, 6.07) is 0.784. The number of nitrogens with zero attached hydrogens (tertiary/aromatic N) is 1. The van der Waals surface area contributed by atoms with Gasteiger partial charge in [0.05, 0.1) is 5.41 Å². The van der Waals surface area contributed by atoms with E-state index in [1.54, 1.807) is 0 Å². The van der Waals surface area contributed by atoms with Crippen LogP contribution in [0, 0.1) is 5.41 Å². The maximum absolute atomic E-state index is 11.0. The second-order valence-electron chi connectivity index (χ2n) is 6.62. The monoisotopic (exact) mass is 269 g/mol. The van der Waals surface area contributed by atoms with Crippen LogP contribution in [0.1, 0.15) is 72.1 Å². The Morgan fingerprint density at radius 3 is 2.68 bits per heavy atom. The van der Waals surface area contributed by atoms with Gasteiger partial charge in [0.25, 0.3) is 0 Å². The van der Waals surface area contributed by atoms with Crippen LogP contribution in [0.3, 0.4) is 0 Å². The molecule has 0 radical (unpaired) electrons. The van der Waals surface area contributed by atoms with E-state index in [4.69, 9.17) is 5.11 Å². The van der Waals surface area contributed by atoms with Crippen molar-refractivity contribution in [1.29, 1.82) is 0 Å². The van der Waals surface area contributed by atoms with Crippen molar-refractivity contribution in [2.45, 2.75) is 78.2 Å². The zero-order valence-electron chi connectivity index (χ0n) is 13.0. The Morgan fingerprint density at radius 1 is 1.32 bits per heavy atom. The molecular formula is C16H31NO2. The molecule has 0 amide bonds. The van der Waals surface area contributed by atoms with Gasteiger partial charge in [0.2, 0.25) is 0 Å². The minimum atomic E-state index is -0.672. The number of carbonyl (C=O) groups is 1. The van der Waals surface area contributed by atoms with Crippen LogP contribution >= 0.6 is 0 Å². The van der Waals surface area contributed by atoms with Crippen LogP contribution in [0.25, 0.3) is 0 Å². The molecule has 0 spiro atoms. The Morgan fingerprint density at radius 2 is 2.05 bits per heavy atom. The summed E-state index contributed by atoms with van der Waals surface area (Å²) in [6.45, 7) is 8.32. The summed E-state index contributed by atoms with van der Waals surface area (Å²) in [6.07, 6.45) is 9.61. The maximum Gasteiger partial charge on any atom is 0.309 e. The third-order valence-electron chi connectivity index (χ3n) is 4.45. The van der Waals surface area contributed by atoms with E-state index in [-0.39, 0.29) is 0 Å². The number of rotatable bonds is 8. The fourth-order valence-electron chi connectivity index (χ4n) is 3.00. The fraction of sp³-hybridized carbons (Fsp3) is 0.938. The molecule has 1 heterocycles. The van der Waals surface area contributed by atoms with Crippen molar-refractivity contribution in [3.63, 3.8) is 0 Å². The molecule has 1 fully saturated rings. The van der Waals surface area contributed by atoms with Crippen molar-refractivity contribution in [3.8, 4) is 0 Å². The minimum absolute atomic E-state index is 0.565. The molecule has 1 rings (SSSR count). The smallest absolute Gasteiger partial charge is 0.309 e. The van der Waals surface area contributed by atoms with Crippen LogP contribution in [0.5, 0.6) is 0 Å². The van der Waals surface area contributed by atoms with Crippen LogP contribution in [-0.2, 0) is 4.79 Å². The van der Waals surface area contributed by atoms with Gasteiger partial charge in [0, 0.05) is 6.04 Å². The first kappa shape index (κ1) is 16.5. The molecule has 1 atom stereocenters. The number of likely N-dealkylation sites (tertiary alicyclic amines) is 1. The second kappa shape index (κ2) is 7.88. The lowest BCUT2D eigenvalue weighted by atomic mass is 9.87. The molecule has 0 aromatic heterocycles. The number of unbranched alkanes of at least 4 members (excludes halogenated alkanes) is 1. The summed E-state index contributed by atoms with van der Waals surface area (Å²) in [4.78, 5) is 13.7. The molecule has 0 aliphatic carbocycles. The highest BCUT2D eigenvalue weighted by atomic mass is 16.4. The van der Waals surface area contributed by atoms with E-state index in [1.165, 1.54) is 38.6 Å². The Labute approximate surface area is 118 Å². The third kappa shape index (κ3) is 5.52. The van der Waals surface area contributed by atoms with Crippen LogP contribution < -0.4 is 0 Å². The zero-order chi connectivity index (χ0) is 14.3. The van der Waals surface area contributed by atoms with E-state index in [1.807, 2.05) is 13.8 Å². The standard InChI is InChI=1S/C16H31NO2/c1-4-9-14-10-5-7-12-17(14)13-8-6-11-16(2,3)15(18)19/h14H,4-13H2,1-3H3,(H,18,19). The average molecular weight is 269 g/mol. The lowest BCUT2D eigenvalue weighted by Crippen LogP contribution is -2.40. The molecular weight excluding hydrogens is 238 g/mol. The van der Waals surface area contributed by atoms with Gasteiger partial charge >= 0.3 is 5.97 Å². The van der Waals surface area contributed by atoms with Crippen LogP contribution in [0.4, 0.5) is 0 Å². The summed E-state index contributed by atoms with van der Waals surface area (Å²) < 4.78 is 0. The number of carboxylic acids is 1. The van der Waals surface area contributed by atoms with Crippen molar-refractivity contribution in [2.24, 2.45) is 5.41 Å². The molecule has 3 heteroatoms. The van der Waals surface area contributed by atoms with Gasteiger partial charge in [0.15, 0.2) is 0 Å². The number of carboxylic acid groups (broad SMARTS) is 1. The quantitative estimate of drug-likeness (QED) is 0.679. The highest BCUT2D eigenvalue weighted by molar-refractivity contribution is 5.73. The molecule has 1 aliphatic rings. The normalized spacial score (nSPS) is 21.5. The SMILES string of the molecule is CCCC1CCCCN1CCCCC(C)(C)C(=O)O. The van der Waals surface area contributed by atoms with Gasteiger partial charge in [-0.1, -0.05) is 26.2 Å². The molecule has 3 nitrogen and oxygen atoms in total. The molecule has 0 saturated carbocycles. The number of piperidine rings is 1. The Balaban J connectivity index is 2.25. The number of aliphatic carboxylic acids is 1. The van der Waals surface area contributed by atoms with Crippen molar-refractivity contribution in [1.82, 2.24) is 4.90 Å². The Hall–Kier alpha value is -0.570. The molecule has 1 unspecified atom stereocenters. The van der Waals surface area contributed by atoms with Crippen LogP contribution in [0.2, 0.25) is 0 Å². The molecule has 0 aromatic carbocycles. The van der Waals surface area contributed by atoms with Crippen molar-refractivity contribution in [3.05, 3.63) is 0 Å². The van der Waals surface area contributed by atoms with Crippen LogP contribution in [-0.4, -0.2) is 35.1 Å². The first-order valence-electron chi connectivity index (χ1n) is 7.95. The van der Waals surface area contributed by atoms with Gasteiger partial charge in [-0.15, -0.1) is 0 Å². The lowest BCUT2D eigenvalue weighted by molar-refractivity contribution is -0.147. The Bertz CT molecular complexity index is 274. The van der Waals surface area contributed by atoms with Crippen molar-refractivity contribution < 1.29 is 9.90 Å². The van der Waals surface area contributed by atoms with Gasteiger partial charge in [-0.25, -0.2) is 0 Å². The molecule has 112 valence electrons. The molecule has 0 bridgehead atoms. The van der Waals surface area contributed by atoms with Gasteiger partial charge in [-0.3, -0.25) is 4.79 Å². The van der Waals surface area contributed by atoms with Gasteiger partial charge in [-0.2, -0.15) is 0 Å². The van der Waals surface area contributed by atoms with Gasteiger partial charge in [-0.05, 0) is 59.0 Å². The predicted molar refractivity (Wildman–Crippen MR) is 79.4 cm³/mol. The summed E-state index contributed by atoms with van der Waals surface area (Å²) in [5.41, 5.74) is -0.565. The van der Waals surface area contributed by atoms with Crippen LogP contribution in [0.15, 0.2) is 0 Å². The average Bonchev–Trinajstić information content (AvgIpc) is 2.36. The summed E-state index contributed by atoms with van der Waals surface area (Å²) in [5, 5.41) is 9.09. The zero-order valence-corrected chi connectivity index (χ0v) is 13.0.